The molecule has 1 N–H and O–H groups in total. The fourth-order valence-electron chi connectivity index (χ4n) is 1.99. The molecule has 16 heavy (non-hydrogen) atoms. The smallest absolute Gasteiger partial charge is 0.0831 e. The Bertz CT molecular complexity index is 495. The van der Waals surface area contributed by atoms with Gasteiger partial charge in [-0.05, 0) is 30.7 Å². The lowest BCUT2D eigenvalue weighted by Crippen LogP contribution is -2.22. The average Bonchev–Trinajstić information content (AvgIpc) is 2.73. The highest BCUT2D eigenvalue weighted by Gasteiger charge is 2.14. The van der Waals surface area contributed by atoms with Gasteiger partial charge >= 0.3 is 0 Å². The number of nitrogens with zero attached hydrogens (tertiary/aromatic N) is 2. The first kappa shape index (κ1) is 9.87. The highest BCUT2D eigenvalue weighted by atomic mass is 35.5. The van der Waals surface area contributed by atoms with E-state index in [-0.39, 0.29) is 0 Å². The number of aromatic nitrogens is 2. The molecule has 0 fully saturated rings. The second-order valence-electron chi connectivity index (χ2n) is 3.92. The van der Waals surface area contributed by atoms with Crippen molar-refractivity contribution in [1.29, 1.82) is 0 Å². The molecule has 0 unspecified atom stereocenters. The van der Waals surface area contributed by atoms with Gasteiger partial charge in [0.25, 0.3) is 0 Å². The van der Waals surface area contributed by atoms with E-state index in [0.29, 0.717) is 0 Å². The molecule has 0 aliphatic carbocycles. The van der Waals surface area contributed by atoms with E-state index in [2.05, 4.69) is 16.6 Å². The molecule has 0 radical (unpaired) electrons. The van der Waals surface area contributed by atoms with Crippen LogP contribution < -0.4 is 5.32 Å². The van der Waals surface area contributed by atoms with Crippen molar-refractivity contribution in [3.8, 4) is 5.69 Å². The fraction of sp³-hybridized carbons (Fsp3) is 0.250. The van der Waals surface area contributed by atoms with E-state index in [1.54, 1.807) is 0 Å². The monoisotopic (exact) mass is 233 g/mol. The van der Waals surface area contributed by atoms with Crippen LogP contribution in [0.2, 0.25) is 5.02 Å². The Kier molecular flexibility index (Phi) is 2.42. The third-order valence-corrected chi connectivity index (χ3v) is 3.16. The standard InChI is InChI=1S/C12H12ClN3/c13-10-3-1-2-4-12(10)16-8-9-5-6-14-7-11(9)15-16/h1-4,8,14H,5-7H2. The van der Waals surface area contributed by atoms with Crippen LogP contribution in [0.4, 0.5) is 0 Å². The van der Waals surface area contributed by atoms with Gasteiger partial charge in [-0.25, -0.2) is 4.68 Å². The van der Waals surface area contributed by atoms with Crippen LogP contribution in [0.25, 0.3) is 5.69 Å². The molecule has 2 heterocycles. The molecule has 82 valence electrons. The van der Waals surface area contributed by atoms with Crippen molar-refractivity contribution in [3.63, 3.8) is 0 Å². The van der Waals surface area contributed by atoms with Crippen molar-refractivity contribution in [2.75, 3.05) is 6.54 Å². The summed E-state index contributed by atoms with van der Waals surface area (Å²) in [6.45, 7) is 1.88. The Balaban J connectivity index is 2.07. The van der Waals surface area contributed by atoms with Gasteiger partial charge in [0, 0.05) is 12.7 Å². The second kappa shape index (κ2) is 3.92. The predicted molar refractivity (Wildman–Crippen MR) is 64.0 cm³/mol. The van der Waals surface area contributed by atoms with Crippen molar-refractivity contribution in [2.24, 2.45) is 0 Å². The van der Waals surface area contributed by atoms with Crippen molar-refractivity contribution in [1.82, 2.24) is 15.1 Å². The van der Waals surface area contributed by atoms with Gasteiger partial charge in [0.1, 0.15) is 0 Å². The van der Waals surface area contributed by atoms with Crippen molar-refractivity contribution in [2.45, 2.75) is 13.0 Å². The van der Waals surface area contributed by atoms with E-state index >= 15 is 0 Å². The molecule has 0 saturated heterocycles. The molecule has 0 atom stereocenters. The maximum Gasteiger partial charge on any atom is 0.0831 e. The van der Waals surface area contributed by atoms with E-state index in [9.17, 15) is 0 Å². The first-order valence-corrected chi connectivity index (χ1v) is 5.75. The SMILES string of the molecule is Clc1ccccc1-n1cc2c(n1)CNCC2. The minimum Gasteiger partial charge on any atom is -0.311 e. The van der Waals surface area contributed by atoms with Crippen LogP contribution in [0.3, 0.4) is 0 Å². The molecule has 1 aliphatic rings. The largest absolute Gasteiger partial charge is 0.311 e. The summed E-state index contributed by atoms with van der Waals surface area (Å²) >= 11 is 6.15. The Hall–Kier alpha value is -1.32. The number of rotatable bonds is 1. The van der Waals surface area contributed by atoms with Crippen molar-refractivity contribution >= 4 is 11.6 Å². The van der Waals surface area contributed by atoms with Gasteiger partial charge in [-0.2, -0.15) is 5.10 Å². The molecule has 1 aromatic carbocycles. The van der Waals surface area contributed by atoms with Crippen LogP contribution in [0.1, 0.15) is 11.3 Å². The van der Waals surface area contributed by atoms with Gasteiger partial charge in [-0.1, -0.05) is 23.7 Å². The Morgan fingerprint density at radius 1 is 1.31 bits per heavy atom. The highest BCUT2D eigenvalue weighted by Crippen LogP contribution is 2.21. The number of nitrogens with one attached hydrogen (secondary N) is 1. The van der Waals surface area contributed by atoms with Crippen LogP contribution in [0, 0.1) is 0 Å². The molecule has 1 aliphatic heterocycles. The van der Waals surface area contributed by atoms with E-state index in [0.717, 1.165) is 35.9 Å². The minimum atomic E-state index is 0.732. The Morgan fingerprint density at radius 3 is 3.00 bits per heavy atom. The lowest BCUT2D eigenvalue weighted by Gasteiger charge is -2.09. The zero-order valence-corrected chi connectivity index (χ0v) is 9.54. The molecule has 3 nitrogen and oxygen atoms in total. The summed E-state index contributed by atoms with van der Waals surface area (Å²) in [6, 6.07) is 7.76. The Labute approximate surface area is 99.0 Å². The summed E-state index contributed by atoms with van der Waals surface area (Å²) in [7, 11) is 0. The van der Waals surface area contributed by atoms with E-state index in [4.69, 9.17) is 11.6 Å². The predicted octanol–water partition coefficient (Wildman–Crippen LogP) is 2.17. The first-order chi connectivity index (χ1) is 7.84. The summed E-state index contributed by atoms with van der Waals surface area (Å²) in [4.78, 5) is 0. The van der Waals surface area contributed by atoms with Crippen LogP contribution >= 0.6 is 11.6 Å². The van der Waals surface area contributed by atoms with Crippen LogP contribution in [0.5, 0.6) is 0 Å². The normalized spacial score (nSPS) is 14.8. The van der Waals surface area contributed by atoms with Gasteiger partial charge in [0.05, 0.1) is 16.4 Å². The van der Waals surface area contributed by atoms with Crippen molar-refractivity contribution in [3.05, 3.63) is 46.7 Å². The molecular weight excluding hydrogens is 222 g/mol. The minimum absolute atomic E-state index is 0.732. The molecule has 1 aromatic heterocycles. The average molecular weight is 234 g/mol. The second-order valence-corrected chi connectivity index (χ2v) is 4.33. The van der Waals surface area contributed by atoms with Gasteiger partial charge in [0.2, 0.25) is 0 Å². The Morgan fingerprint density at radius 2 is 2.19 bits per heavy atom. The number of benzene rings is 1. The van der Waals surface area contributed by atoms with E-state index < -0.39 is 0 Å². The lowest BCUT2D eigenvalue weighted by atomic mass is 10.1. The van der Waals surface area contributed by atoms with Gasteiger partial charge in [-0.3, -0.25) is 0 Å². The molecule has 2 aromatic rings. The van der Waals surface area contributed by atoms with E-state index in [1.807, 2.05) is 28.9 Å². The first-order valence-electron chi connectivity index (χ1n) is 5.37. The number of para-hydroxylation sites is 1. The molecular formula is C12H12ClN3. The molecule has 0 spiro atoms. The molecule has 4 heteroatoms. The fourth-order valence-corrected chi connectivity index (χ4v) is 2.22. The summed E-state index contributed by atoms with van der Waals surface area (Å²) in [6.07, 6.45) is 3.12. The molecule has 0 saturated carbocycles. The summed E-state index contributed by atoms with van der Waals surface area (Å²) in [5.41, 5.74) is 3.39. The van der Waals surface area contributed by atoms with Gasteiger partial charge < -0.3 is 5.32 Å². The highest BCUT2D eigenvalue weighted by molar-refractivity contribution is 6.32. The quantitative estimate of drug-likeness (QED) is 0.818. The summed E-state index contributed by atoms with van der Waals surface area (Å²) < 4.78 is 1.88. The number of hydrogen-bond acceptors (Lipinski definition) is 2. The van der Waals surface area contributed by atoms with Crippen molar-refractivity contribution < 1.29 is 0 Å². The topological polar surface area (TPSA) is 29.9 Å². The van der Waals surface area contributed by atoms with Crippen LogP contribution in [-0.4, -0.2) is 16.3 Å². The van der Waals surface area contributed by atoms with Crippen LogP contribution in [0.15, 0.2) is 30.5 Å². The summed E-state index contributed by atoms with van der Waals surface area (Å²) in [5.74, 6) is 0. The number of fused-ring (bicyclic) bond motifs is 1. The lowest BCUT2D eigenvalue weighted by molar-refractivity contribution is 0.629. The van der Waals surface area contributed by atoms with Crippen LogP contribution in [-0.2, 0) is 13.0 Å². The molecule has 3 rings (SSSR count). The molecule has 0 amide bonds. The van der Waals surface area contributed by atoms with Gasteiger partial charge in [-0.15, -0.1) is 0 Å². The van der Waals surface area contributed by atoms with Gasteiger partial charge in [0.15, 0.2) is 0 Å². The molecule has 0 bridgehead atoms. The third kappa shape index (κ3) is 1.62. The maximum absolute atomic E-state index is 6.15. The summed E-state index contributed by atoms with van der Waals surface area (Å²) in [5, 5.41) is 8.59. The maximum atomic E-state index is 6.15. The zero-order valence-electron chi connectivity index (χ0n) is 8.78. The number of hydrogen-bond donors (Lipinski definition) is 1. The number of halogens is 1. The third-order valence-electron chi connectivity index (χ3n) is 2.84. The van der Waals surface area contributed by atoms with E-state index in [1.165, 1.54) is 5.56 Å². The zero-order chi connectivity index (χ0) is 11.0.